The predicted octanol–water partition coefficient (Wildman–Crippen LogP) is 16.1. The zero-order valence-corrected chi connectivity index (χ0v) is 36.9. The van der Waals surface area contributed by atoms with Gasteiger partial charge in [0.25, 0.3) is 0 Å². The molecule has 0 spiro atoms. The van der Waals surface area contributed by atoms with Crippen LogP contribution in [-0.4, -0.2) is 15.0 Å². The van der Waals surface area contributed by atoms with E-state index in [1.54, 1.807) is 0 Å². The molecule has 2 heterocycles. The summed E-state index contributed by atoms with van der Waals surface area (Å²) in [5.74, 6) is 1.79. The lowest BCUT2D eigenvalue weighted by molar-refractivity contribution is 0.669. The van der Waals surface area contributed by atoms with Gasteiger partial charge >= 0.3 is 0 Å². The quantitative estimate of drug-likeness (QED) is 0.153. The van der Waals surface area contributed by atoms with Gasteiger partial charge in [0.15, 0.2) is 17.5 Å². The number of rotatable bonds is 8. The Morgan fingerprint density at radius 3 is 1.40 bits per heavy atom. The van der Waals surface area contributed by atoms with Gasteiger partial charge in [0.1, 0.15) is 11.2 Å². The van der Waals surface area contributed by atoms with Crippen LogP contribution in [0.15, 0.2) is 253 Å². The van der Waals surface area contributed by atoms with E-state index in [4.69, 9.17) is 19.4 Å². The van der Waals surface area contributed by atoms with Gasteiger partial charge in [-0.25, -0.2) is 15.0 Å². The molecule has 4 nitrogen and oxygen atoms in total. The molecule has 0 unspecified atom stereocenters. The fourth-order valence-corrected chi connectivity index (χ4v) is 10.6. The first-order valence-corrected chi connectivity index (χ1v) is 23.1. The zero-order valence-electron chi connectivity index (χ0n) is 36.9. The van der Waals surface area contributed by atoms with Gasteiger partial charge in [0.05, 0.1) is 5.41 Å². The molecule has 0 bridgehead atoms. The molecule has 0 amide bonds. The molecule has 2 aromatic heterocycles. The maximum Gasteiger partial charge on any atom is 0.164 e. The third-order valence-electron chi connectivity index (χ3n) is 13.6. The zero-order chi connectivity index (χ0) is 45.0. The smallest absolute Gasteiger partial charge is 0.164 e. The lowest BCUT2D eigenvalue weighted by Gasteiger charge is -2.35. The molecule has 1 aliphatic carbocycles. The summed E-state index contributed by atoms with van der Waals surface area (Å²) in [5.41, 5.74) is 17.2. The van der Waals surface area contributed by atoms with Crippen molar-refractivity contribution in [1.82, 2.24) is 15.0 Å². The van der Waals surface area contributed by atoms with Gasteiger partial charge in [0, 0.05) is 33.0 Å². The summed E-state index contributed by atoms with van der Waals surface area (Å²) in [6.45, 7) is 0. The van der Waals surface area contributed by atoms with E-state index in [1.807, 2.05) is 18.2 Å². The lowest BCUT2D eigenvalue weighted by Crippen LogP contribution is -2.29. The van der Waals surface area contributed by atoms with E-state index < -0.39 is 5.41 Å². The maximum atomic E-state index is 6.85. The minimum Gasteiger partial charge on any atom is -0.455 e. The highest BCUT2D eigenvalue weighted by atomic mass is 16.3. The largest absolute Gasteiger partial charge is 0.455 e. The van der Waals surface area contributed by atoms with Crippen molar-refractivity contribution in [1.29, 1.82) is 0 Å². The van der Waals surface area contributed by atoms with Gasteiger partial charge in [-0.1, -0.05) is 224 Å². The monoisotopic (exact) mass is 867 g/mol. The summed E-state index contributed by atoms with van der Waals surface area (Å²) in [5, 5.41) is 2.18. The summed E-state index contributed by atoms with van der Waals surface area (Å²) in [6.07, 6.45) is 0. The van der Waals surface area contributed by atoms with Gasteiger partial charge < -0.3 is 4.42 Å². The summed E-state index contributed by atoms with van der Waals surface area (Å²) in [6, 6.07) is 88.1. The summed E-state index contributed by atoms with van der Waals surface area (Å²) >= 11 is 0. The van der Waals surface area contributed by atoms with E-state index in [-0.39, 0.29) is 0 Å². The Morgan fingerprint density at radius 2 is 0.765 bits per heavy atom. The standard InChI is InChI=1S/C64H41N3O/c1-5-20-42(21-6-1)44-24-17-26-46(40-44)61-65-62(47-27-18-25-45(41-47)43-22-7-2-8-23-43)67-63(66-61)55-39-38-51(53-35-19-34-52-50-32-14-16-37-57(50)68-60(52)53)59-58(55)54-33-13-15-36-56(54)64(59,48-28-9-3-10-29-48)49-30-11-4-12-31-49/h1-41H. The van der Waals surface area contributed by atoms with Crippen molar-refractivity contribution in [2.75, 3.05) is 0 Å². The molecule has 12 aromatic rings. The van der Waals surface area contributed by atoms with Crippen LogP contribution < -0.4 is 0 Å². The topological polar surface area (TPSA) is 51.8 Å². The Kier molecular flexibility index (Phi) is 9.36. The van der Waals surface area contributed by atoms with E-state index in [9.17, 15) is 0 Å². The Hall–Kier alpha value is -8.99. The first-order chi connectivity index (χ1) is 33.7. The number of fused-ring (bicyclic) bond motifs is 6. The van der Waals surface area contributed by atoms with E-state index in [0.29, 0.717) is 17.5 Å². The molecule has 13 rings (SSSR count). The molecule has 0 saturated carbocycles. The first kappa shape index (κ1) is 39.4. The Balaban J connectivity index is 1.14. The van der Waals surface area contributed by atoms with Gasteiger partial charge in [0.2, 0.25) is 0 Å². The third-order valence-corrected chi connectivity index (χ3v) is 13.6. The molecule has 0 N–H and O–H groups in total. The van der Waals surface area contributed by atoms with Crippen LogP contribution in [0.1, 0.15) is 22.3 Å². The van der Waals surface area contributed by atoms with Crippen molar-refractivity contribution in [3.63, 3.8) is 0 Å². The van der Waals surface area contributed by atoms with Crippen molar-refractivity contribution in [3.05, 3.63) is 271 Å². The second-order valence-electron chi connectivity index (χ2n) is 17.4. The Bertz CT molecular complexity index is 3700. The minimum absolute atomic E-state index is 0.594. The highest BCUT2D eigenvalue weighted by Gasteiger charge is 2.49. The minimum atomic E-state index is -0.735. The molecule has 68 heavy (non-hydrogen) atoms. The van der Waals surface area contributed by atoms with Crippen LogP contribution in [0, 0.1) is 0 Å². The third kappa shape index (κ3) is 6.34. The molecule has 4 heteroatoms. The predicted molar refractivity (Wildman–Crippen MR) is 277 cm³/mol. The van der Waals surface area contributed by atoms with Crippen molar-refractivity contribution in [2.45, 2.75) is 5.41 Å². The number of furan rings is 1. The number of para-hydroxylation sites is 2. The van der Waals surface area contributed by atoms with Crippen LogP contribution in [-0.2, 0) is 5.41 Å². The van der Waals surface area contributed by atoms with Gasteiger partial charge in [-0.05, 0) is 85.5 Å². The second-order valence-corrected chi connectivity index (χ2v) is 17.4. The molecule has 0 atom stereocenters. The lowest BCUT2D eigenvalue weighted by atomic mass is 9.66. The average molecular weight is 868 g/mol. The molecule has 0 saturated heterocycles. The molecule has 10 aromatic carbocycles. The molecular formula is C64H41N3O. The van der Waals surface area contributed by atoms with Crippen LogP contribution in [0.4, 0.5) is 0 Å². The van der Waals surface area contributed by atoms with Crippen molar-refractivity contribution in [3.8, 4) is 78.7 Å². The number of hydrogen-bond donors (Lipinski definition) is 0. The fourth-order valence-electron chi connectivity index (χ4n) is 10.6. The number of aromatic nitrogens is 3. The van der Waals surface area contributed by atoms with Crippen molar-refractivity contribution >= 4 is 21.9 Å². The summed E-state index contributed by atoms with van der Waals surface area (Å²) in [4.78, 5) is 16.3. The van der Waals surface area contributed by atoms with E-state index in [2.05, 4.69) is 231 Å². The highest BCUT2D eigenvalue weighted by molar-refractivity contribution is 6.11. The molecular weight excluding hydrogens is 827 g/mol. The normalized spacial score (nSPS) is 12.5. The first-order valence-electron chi connectivity index (χ1n) is 23.1. The van der Waals surface area contributed by atoms with E-state index in [1.165, 1.54) is 16.7 Å². The van der Waals surface area contributed by atoms with Crippen molar-refractivity contribution in [2.24, 2.45) is 0 Å². The number of benzene rings is 10. The molecule has 0 fully saturated rings. The van der Waals surface area contributed by atoms with E-state index >= 15 is 0 Å². The van der Waals surface area contributed by atoms with E-state index in [0.717, 1.165) is 88.7 Å². The second kappa shape index (κ2) is 16.2. The number of hydrogen-bond acceptors (Lipinski definition) is 4. The maximum absolute atomic E-state index is 6.85. The van der Waals surface area contributed by atoms with Crippen molar-refractivity contribution < 1.29 is 4.42 Å². The van der Waals surface area contributed by atoms with Crippen LogP contribution in [0.3, 0.4) is 0 Å². The van der Waals surface area contributed by atoms with Crippen LogP contribution >= 0.6 is 0 Å². The van der Waals surface area contributed by atoms with Gasteiger partial charge in [-0.3, -0.25) is 0 Å². The number of nitrogens with zero attached hydrogens (tertiary/aromatic N) is 3. The highest BCUT2D eigenvalue weighted by Crippen LogP contribution is 2.61. The molecule has 0 radical (unpaired) electrons. The Morgan fingerprint density at radius 1 is 0.309 bits per heavy atom. The summed E-state index contributed by atoms with van der Waals surface area (Å²) < 4.78 is 6.85. The van der Waals surface area contributed by atoms with Crippen LogP contribution in [0.25, 0.3) is 101 Å². The van der Waals surface area contributed by atoms with Crippen LogP contribution in [0.5, 0.6) is 0 Å². The van der Waals surface area contributed by atoms with Gasteiger partial charge in [-0.15, -0.1) is 0 Å². The molecule has 1 aliphatic rings. The summed E-state index contributed by atoms with van der Waals surface area (Å²) in [7, 11) is 0. The fraction of sp³-hybridized carbons (Fsp3) is 0.0156. The Labute approximate surface area is 394 Å². The molecule has 0 aliphatic heterocycles. The SMILES string of the molecule is c1ccc(-c2cccc(-c3nc(-c4cccc(-c5ccccc5)c4)nc(-c4ccc(-c5cccc6c5oc5ccccc56)c5c4-c4ccccc4C5(c4ccccc4)c4ccccc4)n3)c2)cc1. The van der Waals surface area contributed by atoms with Gasteiger partial charge in [-0.2, -0.15) is 0 Å². The van der Waals surface area contributed by atoms with Crippen LogP contribution in [0.2, 0.25) is 0 Å². The molecule has 318 valence electrons. The average Bonchev–Trinajstić information content (AvgIpc) is 3.96.